The van der Waals surface area contributed by atoms with Gasteiger partial charge in [0.2, 0.25) is 15.9 Å². The zero-order valence-corrected chi connectivity index (χ0v) is 14.6. The molecule has 1 aromatic rings. The average Bonchev–Trinajstić information content (AvgIpc) is 2.48. The molecular weight excluding hydrogens is 320 g/mol. The predicted octanol–water partition coefficient (Wildman–Crippen LogP) is 0.540. The first-order chi connectivity index (χ1) is 10.9. The monoisotopic (exact) mass is 344 g/mol. The van der Waals surface area contributed by atoms with Gasteiger partial charge in [-0.3, -0.25) is 9.10 Å². The Morgan fingerprint density at radius 2 is 1.91 bits per heavy atom. The van der Waals surface area contributed by atoms with E-state index in [0.29, 0.717) is 32.1 Å². The van der Waals surface area contributed by atoms with Crippen molar-refractivity contribution in [3.05, 3.63) is 29.8 Å². The minimum atomic E-state index is -3.55. The predicted molar refractivity (Wildman–Crippen MR) is 89.1 cm³/mol. The molecule has 0 aliphatic heterocycles. The largest absolute Gasteiger partial charge is 0.382 e. The topological polar surface area (TPSA) is 84.9 Å². The van der Waals surface area contributed by atoms with E-state index >= 15 is 0 Å². The van der Waals surface area contributed by atoms with Crippen molar-refractivity contribution < 1.29 is 22.7 Å². The van der Waals surface area contributed by atoms with Crippen molar-refractivity contribution in [2.24, 2.45) is 0 Å². The number of hydrogen-bond acceptors (Lipinski definition) is 5. The fraction of sp³-hybridized carbons (Fsp3) is 0.533. The van der Waals surface area contributed by atoms with Gasteiger partial charge in [0.1, 0.15) is 6.54 Å². The number of nitrogens with one attached hydrogen (secondary N) is 1. The Morgan fingerprint density at radius 3 is 2.52 bits per heavy atom. The molecule has 0 bridgehead atoms. The molecule has 0 aliphatic rings. The number of aryl methyl sites for hydroxylation is 1. The Morgan fingerprint density at radius 1 is 1.22 bits per heavy atom. The average molecular weight is 344 g/mol. The highest BCUT2D eigenvalue weighted by Crippen LogP contribution is 2.21. The van der Waals surface area contributed by atoms with E-state index in [1.165, 1.54) is 0 Å². The summed E-state index contributed by atoms with van der Waals surface area (Å²) in [6.07, 6.45) is 1.08. The standard InChI is InChI=1S/C15H24N2O5S/c1-13-6-4-5-7-14(13)17(23(3,19)20)12-15(18)16-8-9-22-11-10-21-2/h4-7H,8-12H2,1-3H3,(H,16,18). The normalized spacial score (nSPS) is 11.3. The molecule has 0 spiro atoms. The van der Waals surface area contributed by atoms with Gasteiger partial charge in [0.05, 0.1) is 31.8 Å². The SMILES string of the molecule is COCCOCCNC(=O)CN(c1ccccc1C)S(C)(=O)=O. The van der Waals surface area contributed by atoms with Crippen molar-refractivity contribution in [1.82, 2.24) is 5.32 Å². The van der Waals surface area contributed by atoms with E-state index in [9.17, 15) is 13.2 Å². The van der Waals surface area contributed by atoms with E-state index in [2.05, 4.69) is 5.32 Å². The van der Waals surface area contributed by atoms with Gasteiger partial charge in [-0.15, -0.1) is 0 Å². The summed E-state index contributed by atoms with van der Waals surface area (Å²) in [6.45, 7) is 3.14. The van der Waals surface area contributed by atoms with Crippen LogP contribution in [0.5, 0.6) is 0 Å². The van der Waals surface area contributed by atoms with Gasteiger partial charge >= 0.3 is 0 Å². The number of benzene rings is 1. The first kappa shape index (κ1) is 19.4. The molecular formula is C15H24N2O5S. The lowest BCUT2D eigenvalue weighted by atomic mass is 10.2. The molecule has 0 aromatic heterocycles. The van der Waals surface area contributed by atoms with Crippen LogP contribution in [0, 0.1) is 6.92 Å². The quantitative estimate of drug-likeness (QED) is 0.626. The number of anilines is 1. The zero-order chi connectivity index (χ0) is 17.3. The maximum absolute atomic E-state index is 12.0. The van der Waals surface area contributed by atoms with E-state index in [1.807, 2.05) is 6.07 Å². The number of hydrogen-bond donors (Lipinski definition) is 1. The van der Waals surface area contributed by atoms with E-state index in [1.54, 1.807) is 32.2 Å². The van der Waals surface area contributed by atoms with Crippen LogP contribution in [0.3, 0.4) is 0 Å². The van der Waals surface area contributed by atoms with E-state index in [4.69, 9.17) is 9.47 Å². The van der Waals surface area contributed by atoms with Crippen LogP contribution in [0.4, 0.5) is 5.69 Å². The molecule has 0 saturated carbocycles. The van der Waals surface area contributed by atoms with Crippen LogP contribution < -0.4 is 9.62 Å². The fourth-order valence-corrected chi connectivity index (χ4v) is 2.83. The van der Waals surface area contributed by atoms with Crippen LogP contribution in [0.2, 0.25) is 0 Å². The number of ether oxygens (including phenoxy) is 2. The van der Waals surface area contributed by atoms with Crippen molar-refractivity contribution in [3.8, 4) is 0 Å². The van der Waals surface area contributed by atoms with Gasteiger partial charge in [-0.2, -0.15) is 0 Å². The van der Waals surface area contributed by atoms with E-state index in [0.717, 1.165) is 16.1 Å². The minimum absolute atomic E-state index is 0.262. The van der Waals surface area contributed by atoms with Crippen molar-refractivity contribution in [2.75, 3.05) is 50.6 Å². The summed E-state index contributed by atoms with van der Waals surface area (Å²) in [5.41, 5.74) is 1.29. The third-order valence-electron chi connectivity index (χ3n) is 3.07. The number of carbonyl (C=O) groups is 1. The lowest BCUT2D eigenvalue weighted by Crippen LogP contribution is -2.41. The van der Waals surface area contributed by atoms with Crippen molar-refractivity contribution in [2.45, 2.75) is 6.92 Å². The number of para-hydroxylation sites is 1. The molecule has 0 aliphatic carbocycles. The van der Waals surface area contributed by atoms with Gasteiger partial charge in [-0.1, -0.05) is 18.2 Å². The van der Waals surface area contributed by atoms with Crippen molar-refractivity contribution in [3.63, 3.8) is 0 Å². The van der Waals surface area contributed by atoms with Gasteiger partial charge in [-0.25, -0.2) is 8.42 Å². The van der Waals surface area contributed by atoms with Gasteiger partial charge in [0, 0.05) is 13.7 Å². The maximum atomic E-state index is 12.0. The summed E-state index contributed by atoms with van der Waals surface area (Å²) in [6, 6.07) is 7.03. The molecule has 0 radical (unpaired) electrons. The third-order valence-corrected chi connectivity index (χ3v) is 4.20. The molecule has 7 nitrogen and oxygen atoms in total. The molecule has 8 heteroatoms. The van der Waals surface area contributed by atoms with Crippen LogP contribution in [0.15, 0.2) is 24.3 Å². The summed E-state index contributed by atoms with van der Waals surface area (Å²) in [4.78, 5) is 12.0. The lowest BCUT2D eigenvalue weighted by molar-refractivity contribution is -0.119. The number of sulfonamides is 1. The van der Waals surface area contributed by atoms with Crippen molar-refractivity contribution >= 4 is 21.6 Å². The fourth-order valence-electron chi connectivity index (χ4n) is 1.92. The number of nitrogens with zero attached hydrogens (tertiary/aromatic N) is 1. The second-order valence-corrected chi connectivity index (χ2v) is 6.92. The summed E-state index contributed by atoms with van der Waals surface area (Å²) in [5, 5.41) is 2.64. The van der Waals surface area contributed by atoms with Gasteiger partial charge in [0.25, 0.3) is 0 Å². The number of methoxy groups -OCH3 is 1. The lowest BCUT2D eigenvalue weighted by Gasteiger charge is -2.23. The van der Waals surface area contributed by atoms with Crippen LogP contribution in [0.25, 0.3) is 0 Å². The molecule has 0 heterocycles. The summed E-state index contributed by atoms with van der Waals surface area (Å²) < 4.78 is 35.1. The highest BCUT2D eigenvalue weighted by Gasteiger charge is 2.21. The Kier molecular flexibility index (Phi) is 8.01. The van der Waals surface area contributed by atoms with Crippen LogP contribution in [0.1, 0.15) is 5.56 Å². The summed E-state index contributed by atoms with van der Waals surface area (Å²) in [7, 11) is -1.97. The highest BCUT2D eigenvalue weighted by atomic mass is 32.2. The Labute approximate surface area is 137 Å². The molecule has 0 fully saturated rings. The Hall–Kier alpha value is -1.64. The Balaban J connectivity index is 2.59. The second kappa shape index (κ2) is 9.49. The second-order valence-electron chi connectivity index (χ2n) is 5.01. The molecule has 1 N–H and O–H groups in total. The van der Waals surface area contributed by atoms with Crippen LogP contribution in [-0.2, 0) is 24.3 Å². The molecule has 23 heavy (non-hydrogen) atoms. The van der Waals surface area contributed by atoms with E-state index in [-0.39, 0.29) is 12.5 Å². The van der Waals surface area contributed by atoms with E-state index < -0.39 is 10.0 Å². The molecule has 1 rings (SSSR count). The molecule has 0 unspecified atom stereocenters. The maximum Gasteiger partial charge on any atom is 0.240 e. The minimum Gasteiger partial charge on any atom is -0.382 e. The molecule has 0 atom stereocenters. The molecule has 130 valence electrons. The smallest absolute Gasteiger partial charge is 0.240 e. The van der Waals surface area contributed by atoms with Crippen molar-refractivity contribution in [1.29, 1.82) is 0 Å². The summed E-state index contributed by atoms with van der Waals surface area (Å²) in [5.74, 6) is -0.381. The first-order valence-electron chi connectivity index (χ1n) is 7.23. The van der Waals surface area contributed by atoms with Crippen LogP contribution in [-0.4, -0.2) is 60.6 Å². The van der Waals surface area contributed by atoms with Gasteiger partial charge in [0.15, 0.2) is 0 Å². The molecule has 1 amide bonds. The van der Waals surface area contributed by atoms with Gasteiger partial charge in [-0.05, 0) is 18.6 Å². The Bertz CT molecular complexity index is 604. The first-order valence-corrected chi connectivity index (χ1v) is 9.08. The number of carbonyl (C=O) groups excluding carboxylic acids is 1. The number of rotatable bonds is 10. The summed E-state index contributed by atoms with van der Waals surface area (Å²) >= 11 is 0. The number of amides is 1. The van der Waals surface area contributed by atoms with Crippen LogP contribution >= 0.6 is 0 Å². The molecule has 0 saturated heterocycles. The third kappa shape index (κ3) is 6.98. The molecule has 1 aromatic carbocycles. The highest BCUT2D eigenvalue weighted by molar-refractivity contribution is 7.92. The zero-order valence-electron chi connectivity index (χ0n) is 13.7. The van der Waals surface area contributed by atoms with Gasteiger partial charge < -0.3 is 14.8 Å².